The van der Waals surface area contributed by atoms with Crippen LogP contribution in [0.5, 0.6) is 0 Å². The highest BCUT2D eigenvalue weighted by Crippen LogP contribution is 2.33. The molecule has 0 saturated carbocycles. The fourth-order valence-electron chi connectivity index (χ4n) is 2.31. The molecule has 108 valence electrons. The van der Waals surface area contributed by atoms with Gasteiger partial charge in [0, 0.05) is 25.9 Å². The van der Waals surface area contributed by atoms with Crippen LogP contribution < -0.4 is 4.90 Å². The highest BCUT2D eigenvalue weighted by atomic mass is 19.4. The number of likely N-dealkylation sites (N-methyl/N-ethyl adjacent to an activating group) is 1. The Hall–Kier alpha value is -1.74. The Kier molecular flexibility index (Phi) is 4.19. The van der Waals surface area contributed by atoms with E-state index in [2.05, 4.69) is 0 Å². The van der Waals surface area contributed by atoms with E-state index in [9.17, 15) is 13.2 Å². The van der Waals surface area contributed by atoms with Gasteiger partial charge in [0.05, 0.1) is 23.3 Å². The van der Waals surface area contributed by atoms with Crippen molar-refractivity contribution in [2.45, 2.75) is 25.1 Å². The van der Waals surface area contributed by atoms with Gasteiger partial charge in [0.2, 0.25) is 0 Å². The van der Waals surface area contributed by atoms with Gasteiger partial charge < -0.3 is 9.64 Å². The molecule has 1 aromatic rings. The molecule has 0 spiro atoms. The second-order valence-corrected chi connectivity index (χ2v) is 4.85. The van der Waals surface area contributed by atoms with Crippen molar-refractivity contribution in [1.82, 2.24) is 0 Å². The fraction of sp³-hybridized carbons (Fsp3) is 0.500. The SMILES string of the molecule is CN(CC1CCCO1)c1ccc(C(F)(F)F)c(C#N)c1. The van der Waals surface area contributed by atoms with Gasteiger partial charge in [-0.1, -0.05) is 0 Å². The second kappa shape index (κ2) is 5.71. The minimum atomic E-state index is -4.50. The van der Waals surface area contributed by atoms with Crippen LogP contribution in [0.3, 0.4) is 0 Å². The molecule has 1 aromatic carbocycles. The summed E-state index contributed by atoms with van der Waals surface area (Å²) in [6.45, 7) is 1.34. The molecule has 0 bridgehead atoms. The molecule has 0 aliphatic carbocycles. The van der Waals surface area contributed by atoms with Crippen LogP contribution in [0.2, 0.25) is 0 Å². The monoisotopic (exact) mass is 284 g/mol. The first kappa shape index (κ1) is 14.7. The molecule has 2 rings (SSSR count). The lowest BCUT2D eigenvalue weighted by molar-refractivity contribution is -0.137. The summed E-state index contributed by atoms with van der Waals surface area (Å²) in [5.74, 6) is 0. The molecule has 0 N–H and O–H groups in total. The second-order valence-electron chi connectivity index (χ2n) is 4.85. The van der Waals surface area contributed by atoms with E-state index in [1.54, 1.807) is 13.1 Å². The van der Waals surface area contributed by atoms with E-state index in [4.69, 9.17) is 10.00 Å². The van der Waals surface area contributed by atoms with Crippen LogP contribution in [0.4, 0.5) is 18.9 Å². The van der Waals surface area contributed by atoms with E-state index in [0.717, 1.165) is 25.5 Å². The number of hydrogen-bond acceptors (Lipinski definition) is 3. The van der Waals surface area contributed by atoms with Gasteiger partial charge in [0.1, 0.15) is 0 Å². The normalized spacial score (nSPS) is 18.9. The molecule has 0 aromatic heterocycles. The maximum Gasteiger partial charge on any atom is 0.417 e. The van der Waals surface area contributed by atoms with Gasteiger partial charge in [0.15, 0.2) is 0 Å². The zero-order chi connectivity index (χ0) is 14.8. The zero-order valence-electron chi connectivity index (χ0n) is 11.1. The predicted octanol–water partition coefficient (Wildman–Crippen LogP) is 3.19. The average Bonchev–Trinajstić information content (AvgIpc) is 2.89. The number of benzene rings is 1. The number of nitriles is 1. The first-order valence-electron chi connectivity index (χ1n) is 6.36. The fourth-order valence-corrected chi connectivity index (χ4v) is 2.31. The molecule has 1 heterocycles. The number of hydrogen-bond donors (Lipinski definition) is 0. The lowest BCUT2D eigenvalue weighted by Crippen LogP contribution is -2.28. The van der Waals surface area contributed by atoms with Crippen molar-refractivity contribution < 1.29 is 17.9 Å². The van der Waals surface area contributed by atoms with Crippen molar-refractivity contribution in [2.24, 2.45) is 0 Å². The van der Waals surface area contributed by atoms with Crippen LogP contribution in [0, 0.1) is 11.3 Å². The lowest BCUT2D eigenvalue weighted by Gasteiger charge is -2.23. The summed E-state index contributed by atoms with van der Waals surface area (Å²) in [5, 5.41) is 8.88. The van der Waals surface area contributed by atoms with Crippen LogP contribution in [-0.4, -0.2) is 26.3 Å². The topological polar surface area (TPSA) is 36.3 Å². The molecule has 1 unspecified atom stereocenters. The summed E-state index contributed by atoms with van der Waals surface area (Å²) >= 11 is 0. The van der Waals surface area contributed by atoms with Crippen molar-refractivity contribution in [3.63, 3.8) is 0 Å². The van der Waals surface area contributed by atoms with E-state index in [-0.39, 0.29) is 11.7 Å². The van der Waals surface area contributed by atoms with Crippen LogP contribution in [0.15, 0.2) is 18.2 Å². The summed E-state index contributed by atoms with van der Waals surface area (Å²) in [6.07, 6.45) is -2.44. The number of halogens is 3. The molecule has 0 amide bonds. The van der Waals surface area contributed by atoms with E-state index in [1.165, 1.54) is 12.1 Å². The molecule has 3 nitrogen and oxygen atoms in total. The van der Waals surface area contributed by atoms with E-state index < -0.39 is 11.7 Å². The van der Waals surface area contributed by atoms with Crippen molar-refractivity contribution in [3.8, 4) is 6.07 Å². The Labute approximate surface area is 115 Å². The van der Waals surface area contributed by atoms with E-state index in [1.807, 2.05) is 4.90 Å². The van der Waals surface area contributed by atoms with Crippen molar-refractivity contribution in [3.05, 3.63) is 29.3 Å². The van der Waals surface area contributed by atoms with Gasteiger partial charge >= 0.3 is 6.18 Å². The minimum Gasteiger partial charge on any atom is -0.376 e. The first-order valence-corrected chi connectivity index (χ1v) is 6.36. The third-order valence-electron chi connectivity index (χ3n) is 3.37. The summed E-state index contributed by atoms with van der Waals surface area (Å²) < 4.78 is 43.6. The molecule has 0 radical (unpaired) electrons. The Bertz CT molecular complexity index is 516. The maximum absolute atomic E-state index is 12.7. The Morgan fingerprint density at radius 3 is 2.75 bits per heavy atom. The van der Waals surface area contributed by atoms with Gasteiger partial charge in [-0.05, 0) is 31.0 Å². The van der Waals surface area contributed by atoms with E-state index in [0.29, 0.717) is 12.2 Å². The molecule has 6 heteroatoms. The third kappa shape index (κ3) is 3.23. The standard InChI is InChI=1S/C14H15F3N2O/c1-19(9-12-3-2-6-20-12)11-4-5-13(14(15,16)17)10(7-11)8-18/h4-5,7,12H,2-3,6,9H2,1H3. The summed E-state index contributed by atoms with van der Waals surface area (Å²) in [5.41, 5.74) is -0.659. The number of ether oxygens (including phenoxy) is 1. The number of anilines is 1. The molecule has 1 aliphatic heterocycles. The van der Waals surface area contributed by atoms with Crippen LogP contribution in [0.25, 0.3) is 0 Å². The first-order chi connectivity index (χ1) is 9.41. The maximum atomic E-state index is 12.7. The van der Waals surface area contributed by atoms with Gasteiger partial charge in [-0.2, -0.15) is 18.4 Å². The highest BCUT2D eigenvalue weighted by molar-refractivity contribution is 5.55. The Morgan fingerprint density at radius 1 is 1.45 bits per heavy atom. The zero-order valence-corrected chi connectivity index (χ0v) is 11.1. The van der Waals surface area contributed by atoms with Crippen LogP contribution >= 0.6 is 0 Å². The molecule has 1 fully saturated rings. The molecule has 20 heavy (non-hydrogen) atoms. The molecular weight excluding hydrogens is 269 g/mol. The van der Waals surface area contributed by atoms with Crippen molar-refractivity contribution in [2.75, 3.05) is 25.1 Å². The Balaban J connectivity index is 2.18. The molecule has 1 atom stereocenters. The number of rotatable bonds is 3. The predicted molar refractivity (Wildman–Crippen MR) is 68.4 cm³/mol. The van der Waals surface area contributed by atoms with E-state index >= 15 is 0 Å². The minimum absolute atomic E-state index is 0.104. The third-order valence-corrected chi connectivity index (χ3v) is 3.37. The lowest BCUT2D eigenvalue weighted by atomic mass is 10.1. The number of nitrogens with zero attached hydrogens (tertiary/aromatic N) is 2. The number of alkyl halides is 3. The smallest absolute Gasteiger partial charge is 0.376 e. The van der Waals surface area contributed by atoms with Crippen molar-refractivity contribution >= 4 is 5.69 Å². The van der Waals surface area contributed by atoms with Gasteiger partial charge in [-0.25, -0.2) is 0 Å². The van der Waals surface area contributed by atoms with Crippen LogP contribution in [0.1, 0.15) is 24.0 Å². The average molecular weight is 284 g/mol. The largest absolute Gasteiger partial charge is 0.417 e. The molecular formula is C14H15F3N2O. The van der Waals surface area contributed by atoms with Gasteiger partial charge in [-0.3, -0.25) is 0 Å². The summed E-state index contributed by atoms with van der Waals surface area (Å²) in [6, 6.07) is 5.23. The van der Waals surface area contributed by atoms with Gasteiger partial charge in [0.25, 0.3) is 0 Å². The quantitative estimate of drug-likeness (QED) is 0.855. The van der Waals surface area contributed by atoms with Crippen molar-refractivity contribution in [1.29, 1.82) is 5.26 Å². The van der Waals surface area contributed by atoms with Gasteiger partial charge in [-0.15, -0.1) is 0 Å². The summed E-state index contributed by atoms with van der Waals surface area (Å²) in [4.78, 5) is 1.82. The highest BCUT2D eigenvalue weighted by Gasteiger charge is 2.33. The van der Waals surface area contributed by atoms with Crippen LogP contribution in [-0.2, 0) is 10.9 Å². The summed E-state index contributed by atoms with van der Waals surface area (Å²) in [7, 11) is 1.78. The molecule has 1 saturated heterocycles. The molecule has 1 aliphatic rings. The Morgan fingerprint density at radius 2 is 2.20 bits per heavy atom.